The average molecular weight is 432 g/mol. The van der Waals surface area contributed by atoms with Crippen LogP contribution in [0.1, 0.15) is 52.8 Å². The molecular formula is C22H33N5O4. The molecule has 31 heavy (non-hydrogen) atoms. The van der Waals surface area contributed by atoms with Crippen molar-refractivity contribution in [1.29, 1.82) is 0 Å². The molecule has 170 valence electrons. The second-order valence-electron chi connectivity index (χ2n) is 9.48. The summed E-state index contributed by atoms with van der Waals surface area (Å²) in [6.45, 7) is 11.2. The number of nitrogens with zero attached hydrogens (tertiary/aromatic N) is 4. The minimum atomic E-state index is -0.596. The molecular weight excluding hydrogens is 398 g/mol. The molecule has 0 radical (unpaired) electrons. The first-order chi connectivity index (χ1) is 14.4. The second-order valence-corrected chi connectivity index (χ2v) is 9.48. The average Bonchev–Trinajstić information content (AvgIpc) is 3.07. The summed E-state index contributed by atoms with van der Waals surface area (Å²) in [7, 11) is 3.08. The predicted molar refractivity (Wildman–Crippen MR) is 119 cm³/mol. The lowest BCUT2D eigenvalue weighted by Gasteiger charge is -2.32. The molecule has 2 aromatic rings. The lowest BCUT2D eigenvalue weighted by Crippen LogP contribution is -2.43. The van der Waals surface area contributed by atoms with E-state index < -0.39 is 17.2 Å². The normalized spacial score (nSPS) is 19.5. The molecule has 0 saturated carbocycles. The fourth-order valence-corrected chi connectivity index (χ4v) is 4.00. The SMILES string of the molecule is CC(C)=CCn1c(C2CCNCC2C(=O)OC(C)(C)C)nc2c1c(=O)n(C)c(=O)n2C. The van der Waals surface area contributed by atoms with Crippen molar-refractivity contribution >= 4 is 17.1 Å². The van der Waals surface area contributed by atoms with Crippen LogP contribution in [0.3, 0.4) is 0 Å². The zero-order valence-corrected chi connectivity index (χ0v) is 19.5. The number of fused-ring (bicyclic) bond motifs is 1. The van der Waals surface area contributed by atoms with Crippen LogP contribution in [0.25, 0.3) is 11.2 Å². The Kier molecular flexibility index (Phi) is 6.27. The van der Waals surface area contributed by atoms with Crippen LogP contribution in [0.2, 0.25) is 0 Å². The number of aryl methyl sites for hydroxylation is 1. The van der Waals surface area contributed by atoms with Gasteiger partial charge in [0.05, 0.1) is 5.92 Å². The molecule has 9 nitrogen and oxygen atoms in total. The maximum absolute atomic E-state index is 13.0. The molecule has 0 amide bonds. The fraction of sp³-hybridized carbons (Fsp3) is 0.636. The first kappa shape index (κ1) is 23.0. The third kappa shape index (κ3) is 4.51. The smallest absolute Gasteiger partial charge is 0.332 e. The zero-order chi connectivity index (χ0) is 23.1. The van der Waals surface area contributed by atoms with E-state index in [1.165, 1.54) is 11.6 Å². The van der Waals surface area contributed by atoms with Gasteiger partial charge in [-0.05, 0) is 47.6 Å². The summed E-state index contributed by atoms with van der Waals surface area (Å²) in [5.74, 6) is -0.305. The molecule has 0 spiro atoms. The molecule has 1 N–H and O–H groups in total. The Balaban J connectivity index is 2.23. The summed E-state index contributed by atoms with van der Waals surface area (Å²) < 4.78 is 10.0. The Hall–Kier alpha value is -2.68. The van der Waals surface area contributed by atoms with Gasteiger partial charge in [-0.3, -0.25) is 18.7 Å². The van der Waals surface area contributed by atoms with Gasteiger partial charge in [-0.2, -0.15) is 0 Å². The summed E-state index contributed by atoms with van der Waals surface area (Å²) in [6, 6.07) is 0. The van der Waals surface area contributed by atoms with E-state index in [1.54, 1.807) is 7.05 Å². The Morgan fingerprint density at radius 1 is 1.23 bits per heavy atom. The number of hydrogen-bond acceptors (Lipinski definition) is 6. The van der Waals surface area contributed by atoms with Crippen molar-refractivity contribution in [1.82, 2.24) is 24.0 Å². The number of carbonyl (C=O) groups excluding carboxylic acids is 1. The molecule has 1 aliphatic heterocycles. The van der Waals surface area contributed by atoms with Crippen molar-refractivity contribution in [2.45, 2.75) is 59.1 Å². The fourth-order valence-electron chi connectivity index (χ4n) is 4.00. The van der Waals surface area contributed by atoms with E-state index in [1.807, 2.05) is 45.3 Å². The van der Waals surface area contributed by atoms with Gasteiger partial charge < -0.3 is 14.6 Å². The third-order valence-corrected chi connectivity index (χ3v) is 5.58. The minimum absolute atomic E-state index is 0.228. The van der Waals surface area contributed by atoms with E-state index in [0.29, 0.717) is 36.5 Å². The van der Waals surface area contributed by atoms with Crippen LogP contribution in [0.4, 0.5) is 0 Å². The number of esters is 1. The van der Waals surface area contributed by atoms with Crippen molar-refractivity contribution in [2.75, 3.05) is 13.1 Å². The van der Waals surface area contributed by atoms with Gasteiger partial charge in [0.25, 0.3) is 5.56 Å². The summed E-state index contributed by atoms with van der Waals surface area (Å²) in [6.07, 6.45) is 2.69. The van der Waals surface area contributed by atoms with Crippen LogP contribution < -0.4 is 16.6 Å². The van der Waals surface area contributed by atoms with Gasteiger partial charge in [-0.1, -0.05) is 11.6 Å². The van der Waals surface area contributed by atoms with Gasteiger partial charge in [0.15, 0.2) is 11.2 Å². The highest BCUT2D eigenvalue weighted by molar-refractivity contribution is 5.76. The van der Waals surface area contributed by atoms with Gasteiger partial charge in [0.1, 0.15) is 11.4 Å². The molecule has 2 aromatic heterocycles. The quantitative estimate of drug-likeness (QED) is 0.581. The molecule has 1 aliphatic rings. The second kappa shape index (κ2) is 8.45. The standard InChI is InChI=1S/C22H33N5O4/c1-13(2)9-11-27-16-18(25(6)21(30)26(7)19(16)28)24-17(27)14-8-10-23-12-15(14)20(29)31-22(3,4)5/h9,14-15,23H,8,10-12H2,1-7H3. The first-order valence-corrected chi connectivity index (χ1v) is 10.7. The minimum Gasteiger partial charge on any atom is -0.460 e. The van der Waals surface area contributed by atoms with Crippen LogP contribution in [-0.2, 0) is 30.2 Å². The van der Waals surface area contributed by atoms with Gasteiger partial charge >= 0.3 is 11.7 Å². The number of nitrogens with one attached hydrogen (secondary N) is 1. The van der Waals surface area contributed by atoms with Gasteiger partial charge in [-0.15, -0.1) is 0 Å². The van der Waals surface area contributed by atoms with Gasteiger partial charge in [0, 0.05) is 33.1 Å². The molecule has 3 rings (SSSR count). The number of ether oxygens (including phenoxy) is 1. The van der Waals surface area contributed by atoms with E-state index in [4.69, 9.17) is 9.72 Å². The number of imidazole rings is 1. The molecule has 0 aliphatic carbocycles. The van der Waals surface area contributed by atoms with E-state index in [9.17, 15) is 14.4 Å². The Morgan fingerprint density at radius 3 is 2.52 bits per heavy atom. The van der Waals surface area contributed by atoms with Crippen LogP contribution in [0.5, 0.6) is 0 Å². The Bertz CT molecular complexity index is 1140. The highest BCUT2D eigenvalue weighted by atomic mass is 16.6. The zero-order valence-electron chi connectivity index (χ0n) is 19.5. The van der Waals surface area contributed by atoms with Gasteiger partial charge in [-0.25, -0.2) is 9.78 Å². The maximum atomic E-state index is 13.0. The highest BCUT2D eigenvalue weighted by Gasteiger charge is 2.38. The maximum Gasteiger partial charge on any atom is 0.332 e. The van der Waals surface area contributed by atoms with E-state index in [-0.39, 0.29) is 17.4 Å². The largest absolute Gasteiger partial charge is 0.460 e. The monoisotopic (exact) mass is 431 g/mol. The molecule has 1 fully saturated rings. The Morgan fingerprint density at radius 2 is 1.90 bits per heavy atom. The summed E-state index contributed by atoms with van der Waals surface area (Å²) >= 11 is 0. The number of piperidine rings is 1. The highest BCUT2D eigenvalue weighted by Crippen LogP contribution is 2.33. The molecule has 3 heterocycles. The van der Waals surface area contributed by atoms with Crippen LogP contribution in [-0.4, -0.2) is 43.3 Å². The van der Waals surface area contributed by atoms with Crippen LogP contribution >= 0.6 is 0 Å². The number of rotatable bonds is 4. The summed E-state index contributed by atoms with van der Waals surface area (Å²) in [5.41, 5.74) is 0.404. The van der Waals surface area contributed by atoms with Crippen LogP contribution in [0, 0.1) is 5.92 Å². The molecule has 9 heteroatoms. The predicted octanol–water partition coefficient (Wildman–Crippen LogP) is 1.43. The molecule has 0 aromatic carbocycles. The summed E-state index contributed by atoms with van der Waals surface area (Å²) in [4.78, 5) is 43.3. The topological polar surface area (TPSA) is 100 Å². The number of allylic oxidation sites excluding steroid dienone is 2. The lowest BCUT2D eigenvalue weighted by molar-refractivity contribution is -0.161. The van der Waals surface area contributed by atoms with E-state index >= 15 is 0 Å². The van der Waals surface area contributed by atoms with Gasteiger partial charge in [0.2, 0.25) is 0 Å². The number of hydrogen-bond donors (Lipinski definition) is 1. The van der Waals surface area contributed by atoms with Crippen molar-refractivity contribution in [2.24, 2.45) is 20.0 Å². The summed E-state index contributed by atoms with van der Waals surface area (Å²) in [5, 5.41) is 3.27. The number of aromatic nitrogens is 4. The molecule has 2 unspecified atom stereocenters. The van der Waals surface area contributed by atoms with E-state index in [0.717, 1.165) is 16.7 Å². The van der Waals surface area contributed by atoms with Crippen LogP contribution in [0.15, 0.2) is 21.2 Å². The third-order valence-electron chi connectivity index (χ3n) is 5.58. The molecule has 0 bridgehead atoms. The van der Waals surface area contributed by atoms with Crippen molar-refractivity contribution in [3.05, 3.63) is 38.3 Å². The van der Waals surface area contributed by atoms with Crippen molar-refractivity contribution < 1.29 is 9.53 Å². The molecule has 1 saturated heterocycles. The van der Waals surface area contributed by atoms with Crippen molar-refractivity contribution in [3.8, 4) is 0 Å². The Labute approximate surface area is 181 Å². The lowest BCUT2D eigenvalue weighted by atomic mass is 9.85. The molecule has 2 atom stereocenters. The first-order valence-electron chi connectivity index (χ1n) is 10.7. The van der Waals surface area contributed by atoms with Crippen molar-refractivity contribution in [3.63, 3.8) is 0 Å². The number of carbonyl (C=O) groups is 1. The van der Waals surface area contributed by atoms with E-state index in [2.05, 4.69) is 5.32 Å².